The summed E-state index contributed by atoms with van der Waals surface area (Å²) in [5, 5.41) is 0.188. The largest absolute Gasteiger partial charge is 0.493 e. The number of sulfonamides is 1. The van der Waals surface area contributed by atoms with Crippen LogP contribution in [-0.2, 0) is 14.8 Å². The fourth-order valence-electron chi connectivity index (χ4n) is 3.03. The fourth-order valence-corrected chi connectivity index (χ4v) is 5.42. The first kappa shape index (κ1) is 21.7. The van der Waals surface area contributed by atoms with Crippen LogP contribution in [0, 0.1) is 6.92 Å². The number of ether oxygens (including phenoxy) is 3. The zero-order chi connectivity index (χ0) is 21.9. The van der Waals surface area contributed by atoms with Crippen molar-refractivity contribution in [2.24, 2.45) is 0 Å². The van der Waals surface area contributed by atoms with E-state index in [0.717, 1.165) is 10.4 Å². The predicted molar refractivity (Wildman–Crippen MR) is 116 cm³/mol. The highest BCUT2D eigenvalue weighted by atomic mass is 32.2. The summed E-state index contributed by atoms with van der Waals surface area (Å²) >= 11 is 1.17. The van der Waals surface area contributed by atoms with Crippen LogP contribution in [0.3, 0.4) is 0 Å². The number of thiophene rings is 1. The molecule has 0 aliphatic carbocycles. The van der Waals surface area contributed by atoms with Crippen LogP contribution in [0.5, 0.6) is 11.5 Å². The molecule has 7 nitrogen and oxygen atoms in total. The molecule has 0 unspecified atom stereocenters. The van der Waals surface area contributed by atoms with Crippen molar-refractivity contribution in [3.8, 4) is 22.6 Å². The zero-order valence-corrected chi connectivity index (χ0v) is 18.5. The Labute approximate surface area is 179 Å². The van der Waals surface area contributed by atoms with E-state index in [1.807, 2.05) is 37.3 Å². The van der Waals surface area contributed by atoms with Gasteiger partial charge in [0.15, 0.2) is 11.5 Å². The molecular weight excluding hydrogens is 426 g/mol. The molecular formula is C21H21NO6S2. The third-order valence-corrected chi connectivity index (χ3v) is 6.93. The fraction of sp³-hybridized carbons (Fsp3) is 0.190. The Bertz CT molecular complexity index is 1170. The summed E-state index contributed by atoms with van der Waals surface area (Å²) < 4.78 is 43.9. The lowest BCUT2D eigenvalue weighted by Gasteiger charge is -2.12. The van der Waals surface area contributed by atoms with E-state index in [4.69, 9.17) is 14.2 Å². The third-order valence-electron chi connectivity index (χ3n) is 4.43. The maximum atomic E-state index is 13.0. The van der Waals surface area contributed by atoms with Crippen molar-refractivity contribution in [2.75, 3.05) is 26.1 Å². The van der Waals surface area contributed by atoms with Gasteiger partial charge in [0.05, 0.1) is 26.2 Å². The molecule has 0 spiro atoms. The maximum Gasteiger partial charge on any atom is 0.341 e. The number of rotatable bonds is 7. The molecule has 2 aromatic carbocycles. The number of nitrogens with one attached hydrogen (secondary N) is 1. The summed E-state index contributed by atoms with van der Waals surface area (Å²) in [5.74, 6) is 0.0640. The van der Waals surface area contributed by atoms with E-state index in [1.54, 1.807) is 0 Å². The lowest BCUT2D eigenvalue weighted by atomic mass is 10.0. The Hall–Kier alpha value is -3.04. The summed E-state index contributed by atoms with van der Waals surface area (Å²) in [6.45, 7) is 1.83. The Balaban J connectivity index is 2.09. The van der Waals surface area contributed by atoms with Crippen molar-refractivity contribution in [3.63, 3.8) is 0 Å². The molecule has 158 valence electrons. The number of carbonyl (C=O) groups is 1. The molecule has 0 radical (unpaired) electrons. The lowest BCUT2D eigenvalue weighted by molar-refractivity contribution is 0.0603. The molecule has 1 N–H and O–H groups in total. The van der Waals surface area contributed by atoms with Crippen LogP contribution < -0.4 is 14.2 Å². The second-order valence-electron chi connectivity index (χ2n) is 6.22. The Morgan fingerprint density at radius 3 is 2.23 bits per heavy atom. The number of carbonyl (C=O) groups excluding carboxylic acids is 1. The average molecular weight is 448 g/mol. The normalized spacial score (nSPS) is 11.1. The topological polar surface area (TPSA) is 90.9 Å². The Kier molecular flexibility index (Phi) is 6.33. The number of methoxy groups -OCH3 is 3. The van der Waals surface area contributed by atoms with E-state index in [0.29, 0.717) is 11.3 Å². The zero-order valence-electron chi connectivity index (χ0n) is 16.9. The summed E-state index contributed by atoms with van der Waals surface area (Å²) in [7, 11) is 0.144. The minimum Gasteiger partial charge on any atom is -0.493 e. The van der Waals surface area contributed by atoms with Crippen molar-refractivity contribution < 1.29 is 27.4 Å². The smallest absolute Gasteiger partial charge is 0.341 e. The number of anilines is 1. The van der Waals surface area contributed by atoms with E-state index in [9.17, 15) is 13.2 Å². The van der Waals surface area contributed by atoms with Crippen LogP contribution in [0.2, 0.25) is 0 Å². The van der Waals surface area contributed by atoms with Gasteiger partial charge in [-0.15, -0.1) is 11.3 Å². The van der Waals surface area contributed by atoms with Gasteiger partial charge in [0.25, 0.3) is 10.0 Å². The van der Waals surface area contributed by atoms with E-state index in [1.165, 1.54) is 50.9 Å². The average Bonchev–Trinajstić information content (AvgIpc) is 3.07. The third kappa shape index (κ3) is 4.12. The van der Waals surface area contributed by atoms with Crippen LogP contribution >= 0.6 is 11.3 Å². The van der Waals surface area contributed by atoms with E-state index >= 15 is 0 Å². The summed E-state index contributed by atoms with van der Waals surface area (Å²) in [4.78, 5) is 13.3. The molecule has 0 bridgehead atoms. The van der Waals surface area contributed by atoms with E-state index in [-0.39, 0.29) is 21.2 Å². The Morgan fingerprint density at radius 2 is 1.63 bits per heavy atom. The molecule has 1 aromatic heterocycles. The molecule has 0 saturated carbocycles. The van der Waals surface area contributed by atoms with Gasteiger partial charge in [-0.2, -0.15) is 0 Å². The van der Waals surface area contributed by atoms with E-state index < -0.39 is 16.0 Å². The molecule has 0 saturated heterocycles. The summed E-state index contributed by atoms with van der Waals surface area (Å²) in [6, 6.07) is 13.5. The number of aryl methyl sites for hydroxylation is 1. The van der Waals surface area contributed by atoms with Crippen molar-refractivity contribution in [3.05, 3.63) is 59.0 Å². The first-order chi connectivity index (χ1) is 14.3. The first-order valence-electron chi connectivity index (χ1n) is 8.84. The molecule has 9 heteroatoms. The van der Waals surface area contributed by atoms with Gasteiger partial charge in [-0.3, -0.25) is 4.72 Å². The molecule has 3 rings (SSSR count). The highest BCUT2D eigenvalue weighted by molar-refractivity contribution is 7.93. The molecule has 0 aliphatic rings. The van der Waals surface area contributed by atoms with Crippen LogP contribution in [-0.4, -0.2) is 35.7 Å². The minimum absolute atomic E-state index is 0.0247. The van der Waals surface area contributed by atoms with E-state index in [2.05, 4.69) is 4.72 Å². The second-order valence-corrected chi connectivity index (χ2v) is 9.12. The summed E-state index contributed by atoms with van der Waals surface area (Å²) in [5.41, 5.74) is 1.61. The Morgan fingerprint density at radius 1 is 0.967 bits per heavy atom. The SMILES string of the molecule is COC(=O)c1c(NS(=O)(=O)c2ccc(OC)c(OC)c2)sc(C)c1-c1ccccc1. The minimum atomic E-state index is -4.00. The predicted octanol–water partition coefficient (Wildman–Crippen LogP) is 4.33. The van der Waals surface area contributed by atoms with Gasteiger partial charge in [-0.25, -0.2) is 13.2 Å². The number of benzene rings is 2. The molecule has 0 atom stereocenters. The quantitative estimate of drug-likeness (QED) is 0.542. The van der Waals surface area contributed by atoms with Crippen LogP contribution in [0.25, 0.3) is 11.1 Å². The molecule has 3 aromatic rings. The number of hydrogen-bond donors (Lipinski definition) is 1. The maximum absolute atomic E-state index is 13.0. The van der Waals surface area contributed by atoms with Gasteiger partial charge in [0.1, 0.15) is 10.6 Å². The molecule has 30 heavy (non-hydrogen) atoms. The van der Waals surface area contributed by atoms with Gasteiger partial charge in [0, 0.05) is 16.5 Å². The van der Waals surface area contributed by atoms with Gasteiger partial charge in [-0.1, -0.05) is 30.3 Å². The van der Waals surface area contributed by atoms with Crippen LogP contribution in [0.15, 0.2) is 53.4 Å². The highest BCUT2D eigenvalue weighted by Gasteiger charge is 2.27. The van der Waals surface area contributed by atoms with Gasteiger partial charge in [-0.05, 0) is 24.6 Å². The second kappa shape index (κ2) is 8.76. The van der Waals surface area contributed by atoms with Gasteiger partial charge < -0.3 is 14.2 Å². The van der Waals surface area contributed by atoms with Crippen LogP contribution in [0.4, 0.5) is 5.00 Å². The standard InChI is InChI=1S/C21H21NO6S2/c1-13-18(14-8-6-5-7-9-14)19(21(23)28-4)20(29-13)22-30(24,25)15-10-11-16(26-2)17(12-15)27-3/h5-12,22H,1-4H3. The summed E-state index contributed by atoms with van der Waals surface area (Å²) in [6.07, 6.45) is 0. The van der Waals surface area contributed by atoms with Gasteiger partial charge >= 0.3 is 5.97 Å². The lowest BCUT2D eigenvalue weighted by Crippen LogP contribution is -2.15. The molecule has 0 fully saturated rings. The van der Waals surface area contributed by atoms with Crippen molar-refractivity contribution in [1.29, 1.82) is 0 Å². The number of hydrogen-bond acceptors (Lipinski definition) is 7. The van der Waals surface area contributed by atoms with Crippen molar-refractivity contribution in [1.82, 2.24) is 0 Å². The van der Waals surface area contributed by atoms with Crippen molar-refractivity contribution >= 4 is 32.3 Å². The van der Waals surface area contributed by atoms with Crippen LogP contribution in [0.1, 0.15) is 15.2 Å². The first-order valence-corrected chi connectivity index (χ1v) is 11.1. The monoisotopic (exact) mass is 447 g/mol. The molecule has 1 heterocycles. The highest BCUT2D eigenvalue weighted by Crippen LogP contribution is 2.41. The molecule has 0 aliphatic heterocycles. The number of esters is 1. The molecule has 0 amide bonds. The van der Waals surface area contributed by atoms with Gasteiger partial charge in [0.2, 0.25) is 0 Å². The van der Waals surface area contributed by atoms with Crippen molar-refractivity contribution in [2.45, 2.75) is 11.8 Å².